The van der Waals surface area contributed by atoms with Crippen LogP contribution in [-0.4, -0.2) is 0 Å². The number of rotatable bonds is 8. The zero-order valence-corrected chi connectivity index (χ0v) is 36.5. The Balaban J connectivity index is 1.17. The maximum atomic E-state index is 2.47. The Morgan fingerprint density at radius 1 is 0.290 bits per heavy atom. The first-order chi connectivity index (χ1) is 30.0. The summed E-state index contributed by atoms with van der Waals surface area (Å²) in [6, 6.07) is 75.7. The second kappa shape index (κ2) is 15.4. The third-order valence-corrected chi connectivity index (χ3v) is 12.4. The molecule has 2 heteroatoms. The van der Waals surface area contributed by atoms with Crippen molar-refractivity contribution in [2.24, 2.45) is 0 Å². The zero-order chi connectivity index (χ0) is 42.6. The molecule has 0 saturated carbocycles. The lowest BCUT2D eigenvalue weighted by Gasteiger charge is -2.27. The van der Waals surface area contributed by atoms with Crippen LogP contribution in [-0.2, 0) is 10.8 Å². The van der Waals surface area contributed by atoms with Crippen molar-refractivity contribution in [2.75, 3.05) is 9.80 Å². The van der Waals surface area contributed by atoms with Gasteiger partial charge in [0.25, 0.3) is 0 Å². The van der Waals surface area contributed by atoms with Gasteiger partial charge in [0, 0.05) is 34.1 Å². The summed E-state index contributed by atoms with van der Waals surface area (Å²) in [5, 5.41) is 7.82. The molecule has 0 aliphatic carbocycles. The highest BCUT2D eigenvalue weighted by molar-refractivity contribution is 6.29. The highest BCUT2D eigenvalue weighted by Gasteiger charge is 2.24. The van der Waals surface area contributed by atoms with Crippen LogP contribution in [0.5, 0.6) is 0 Å². The maximum absolute atomic E-state index is 2.47. The van der Waals surface area contributed by atoms with E-state index in [0.717, 1.165) is 34.1 Å². The molecule has 10 aromatic rings. The van der Waals surface area contributed by atoms with Crippen molar-refractivity contribution in [3.05, 3.63) is 217 Å². The molecular weight excluding hydrogens is 749 g/mol. The SMILES string of the molecule is CC(C)(C)c1cc2cc(-c3ccc(N(c4ccccc4)c4ccccc4)cc3)c3cc(C(C)(C)C)cc4cc(-c5ccc(N(c6ccccc6)c6ccccc6)cc5)c(c1)c2c43. The Labute approximate surface area is 366 Å². The highest BCUT2D eigenvalue weighted by Crippen LogP contribution is 2.48. The Kier molecular flexibility index (Phi) is 9.68. The van der Waals surface area contributed by atoms with E-state index in [4.69, 9.17) is 0 Å². The van der Waals surface area contributed by atoms with Crippen molar-refractivity contribution in [3.63, 3.8) is 0 Å². The third kappa shape index (κ3) is 7.16. The van der Waals surface area contributed by atoms with Crippen LogP contribution in [0, 0.1) is 0 Å². The lowest BCUT2D eigenvalue weighted by Crippen LogP contribution is -2.12. The minimum Gasteiger partial charge on any atom is -0.311 e. The second-order valence-electron chi connectivity index (χ2n) is 18.7. The van der Waals surface area contributed by atoms with Crippen molar-refractivity contribution in [1.82, 2.24) is 0 Å². The Bertz CT molecular complexity index is 2840. The first-order valence-electron chi connectivity index (χ1n) is 21.8. The molecule has 0 atom stereocenters. The quantitative estimate of drug-likeness (QED) is 0.141. The average molecular weight is 801 g/mol. The molecule has 0 amide bonds. The van der Waals surface area contributed by atoms with Crippen LogP contribution in [0.15, 0.2) is 206 Å². The van der Waals surface area contributed by atoms with Crippen molar-refractivity contribution in [3.8, 4) is 22.3 Å². The van der Waals surface area contributed by atoms with Gasteiger partial charge in [-0.3, -0.25) is 0 Å². The maximum Gasteiger partial charge on any atom is 0.0462 e. The first kappa shape index (κ1) is 39.0. The minimum atomic E-state index is -0.0446. The van der Waals surface area contributed by atoms with Crippen molar-refractivity contribution < 1.29 is 0 Å². The molecule has 0 aliphatic heterocycles. The number of nitrogens with zero attached hydrogens (tertiary/aromatic N) is 2. The van der Waals surface area contributed by atoms with Gasteiger partial charge in [0.05, 0.1) is 0 Å². The van der Waals surface area contributed by atoms with E-state index in [1.165, 1.54) is 65.7 Å². The lowest BCUT2D eigenvalue weighted by molar-refractivity contribution is 0.591. The van der Waals surface area contributed by atoms with Crippen LogP contribution in [0.1, 0.15) is 52.7 Å². The van der Waals surface area contributed by atoms with Crippen LogP contribution < -0.4 is 9.80 Å². The van der Waals surface area contributed by atoms with Gasteiger partial charge < -0.3 is 9.80 Å². The van der Waals surface area contributed by atoms with E-state index in [-0.39, 0.29) is 10.8 Å². The topological polar surface area (TPSA) is 6.48 Å². The van der Waals surface area contributed by atoms with Gasteiger partial charge in [0.2, 0.25) is 0 Å². The summed E-state index contributed by atoms with van der Waals surface area (Å²) < 4.78 is 0. The molecule has 10 aromatic carbocycles. The molecule has 0 bridgehead atoms. The third-order valence-electron chi connectivity index (χ3n) is 12.4. The van der Waals surface area contributed by atoms with Gasteiger partial charge in [-0.05, 0) is 174 Å². The van der Waals surface area contributed by atoms with Gasteiger partial charge >= 0.3 is 0 Å². The minimum absolute atomic E-state index is 0.0446. The van der Waals surface area contributed by atoms with Gasteiger partial charge in [-0.1, -0.05) is 151 Å². The van der Waals surface area contributed by atoms with Gasteiger partial charge in [-0.2, -0.15) is 0 Å². The number of hydrogen-bond donors (Lipinski definition) is 0. The summed E-state index contributed by atoms with van der Waals surface area (Å²) in [5.41, 5.74) is 14.3. The molecule has 0 unspecified atom stereocenters. The van der Waals surface area contributed by atoms with Crippen LogP contribution in [0.4, 0.5) is 34.1 Å². The van der Waals surface area contributed by atoms with Crippen LogP contribution in [0.25, 0.3) is 54.6 Å². The van der Waals surface area contributed by atoms with E-state index in [9.17, 15) is 0 Å². The standard InChI is InChI=1S/C60H52N2/c1-59(2,3)45-35-43-37-54(42-29-33-52(34-30-42)62(49-23-15-9-16-24-49)50-25-17-10-18-26-50)56-40-46(60(4,5)6)36-44-38-53(55(39-45)57(43)58(44)56)41-27-31-51(32-28-41)61(47-19-11-7-12-20-47)48-21-13-8-14-22-48/h7-40H,1-6H3. The fourth-order valence-corrected chi connectivity index (χ4v) is 9.13. The van der Waals surface area contributed by atoms with E-state index < -0.39 is 0 Å². The summed E-state index contributed by atoms with van der Waals surface area (Å²) in [6.07, 6.45) is 0. The fourth-order valence-electron chi connectivity index (χ4n) is 9.13. The first-order valence-corrected chi connectivity index (χ1v) is 21.8. The van der Waals surface area contributed by atoms with Gasteiger partial charge in [0.1, 0.15) is 0 Å². The summed E-state index contributed by atoms with van der Waals surface area (Å²) in [6.45, 7) is 14.0. The molecule has 0 spiro atoms. The van der Waals surface area contributed by atoms with E-state index in [1.807, 2.05) is 0 Å². The summed E-state index contributed by atoms with van der Waals surface area (Å²) >= 11 is 0. The number of anilines is 6. The van der Waals surface area contributed by atoms with Gasteiger partial charge in [-0.15, -0.1) is 0 Å². The molecule has 62 heavy (non-hydrogen) atoms. The monoisotopic (exact) mass is 800 g/mol. The van der Waals surface area contributed by atoms with E-state index in [0.29, 0.717) is 0 Å². The lowest BCUT2D eigenvalue weighted by atomic mass is 9.78. The molecular formula is C60H52N2. The molecule has 0 saturated heterocycles. The van der Waals surface area contributed by atoms with Crippen molar-refractivity contribution in [1.29, 1.82) is 0 Å². The molecule has 0 aromatic heterocycles. The Hall–Kier alpha value is -7.16. The Morgan fingerprint density at radius 2 is 0.565 bits per heavy atom. The molecule has 302 valence electrons. The predicted octanol–water partition coefficient (Wildman–Crippen LogP) is 17.5. The van der Waals surface area contributed by atoms with Crippen LogP contribution in [0.3, 0.4) is 0 Å². The molecule has 2 nitrogen and oxygen atoms in total. The van der Waals surface area contributed by atoms with Gasteiger partial charge in [-0.25, -0.2) is 0 Å². The predicted molar refractivity (Wildman–Crippen MR) is 268 cm³/mol. The molecule has 10 rings (SSSR count). The summed E-state index contributed by atoms with van der Waals surface area (Å²) in [5.74, 6) is 0. The molecule has 0 N–H and O–H groups in total. The van der Waals surface area contributed by atoms with E-state index in [1.54, 1.807) is 0 Å². The second-order valence-corrected chi connectivity index (χ2v) is 18.7. The average Bonchev–Trinajstić information content (AvgIpc) is 3.29. The van der Waals surface area contributed by atoms with Gasteiger partial charge in [0.15, 0.2) is 0 Å². The molecule has 0 radical (unpaired) electrons. The normalized spacial score (nSPS) is 12.0. The summed E-state index contributed by atoms with van der Waals surface area (Å²) in [4.78, 5) is 4.66. The number of hydrogen-bond acceptors (Lipinski definition) is 2. The van der Waals surface area contributed by atoms with E-state index >= 15 is 0 Å². The van der Waals surface area contributed by atoms with Crippen molar-refractivity contribution in [2.45, 2.75) is 52.4 Å². The number of benzene rings is 10. The number of para-hydroxylation sites is 4. The molecule has 0 heterocycles. The smallest absolute Gasteiger partial charge is 0.0462 e. The fraction of sp³-hybridized carbons (Fsp3) is 0.133. The van der Waals surface area contributed by atoms with Crippen LogP contribution in [0.2, 0.25) is 0 Å². The molecule has 0 fully saturated rings. The zero-order valence-electron chi connectivity index (χ0n) is 36.5. The highest BCUT2D eigenvalue weighted by atomic mass is 15.1. The van der Waals surface area contributed by atoms with Crippen LogP contribution >= 0.6 is 0 Å². The Morgan fingerprint density at radius 3 is 0.839 bits per heavy atom. The molecule has 0 aliphatic rings. The summed E-state index contributed by atoms with van der Waals surface area (Å²) in [7, 11) is 0. The largest absolute Gasteiger partial charge is 0.311 e. The van der Waals surface area contributed by atoms with Crippen molar-refractivity contribution >= 4 is 66.4 Å². The van der Waals surface area contributed by atoms with E-state index in [2.05, 4.69) is 258 Å².